The lowest BCUT2D eigenvalue weighted by Crippen LogP contribution is -2.12. The highest BCUT2D eigenvalue weighted by molar-refractivity contribution is 5.93. The summed E-state index contributed by atoms with van der Waals surface area (Å²) in [5, 5.41) is 8.57. The van der Waals surface area contributed by atoms with Gasteiger partial charge < -0.3 is 19.3 Å². The summed E-state index contributed by atoms with van der Waals surface area (Å²) in [6, 6.07) is 5.93. The van der Waals surface area contributed by atoms with Gasteiger partial charge in [-0.25, -0.2) is 9.59 Å². The summed E-state index contributed by atoms with van der Waals surface area (Å²) < 4.78 is 15.0. The summed E-state index contributed by atoms with van der Waals surface area (Å²) in [6.45, 7) is 2.92. The van der Waals surface area contributed by atoms with Crippen LogP contribution in [-0.2, 0) is 14.2 Å². The summed E-state index contributed by atoms with van der Waals surface area (Å²) in [7, 11) is 0. The third kappa shape index (κ3) is 6.37. The molecule has 6 nitrogen and oxygen atoms in total. The fraction of sp³-hybridized carbons (Fsp3) is 0.467. The van der Waals surface area contributed by atoms with Gasteiger partial charge in [0.1, 0.15) is 13.2 Å². The minimum atomic E-state index is -0.545. The Kier molecular flexibility index (Phi) is 8.08. The van der Waals surface area contributed by atoms with Crippen molar-refractivity contribution in [3.8, 4) is 0 Å². The van der Waals surface area contributed by atoms with E-state index in [0.717, 1.165) is 6.42 Å². The van der Waals surface area contributed by atoms with Crippen LogP contribution in [0.15, 0.2) is 24.3 Å². The van der Waals surface area contributed by atoms with Crippen molar-refractivity contribution in [1.82, 2.24) is 0 Å². The van der Waals surface area contributed by atoms with E-state index in [1.54, 1.807) is 0 Å². The number of carbonyl (C=O) groups excluding carboxylic acids is 2. The van der Waals surface area contributed by atoms with Crippen LogP contribution >= 0.6 is 0 Å². The van der Waals surface area contributed by atoms with Gasteiger partial charge in [0, 0.05) is 6.61 Å². The highest BCUT2D eigenvalue weighted by atomic mass is 16.6. The van der Waals surface area contributed by atoms with Crippen LogP contribution in [0.1, 0.15) is 34.1 Å². The maximum Gasteiger partial charge on any atom is 0.338 e. The Morgan fingerprint density at radius 1 is 0.905 bits per heavy atom. The maximum atomic E-state index is 11.7. The second kappa shape index (κ2) is 9.90. The van der Waals surface area contributed by atoms with Gasteiger partial charge in [-0.1, -0.05) is 6.92 Å². The molecule has 0 spiro atoms. The van der Waals surface area contributed by atoms with E-state index in [2.05, 4.69) is 0 Å². The predicted molar refractivity (Wildman–Crippen MR) is 75.2 cm³/mol. The summed E-state index contributed by atoms with van der Waals surface area (Å²) in [5.74, 6) is -1.01. The molecule has 0 unspecified atom stereocenters. The van der Waals surface area contributed by atoms with Crippen molar-refractivity contribution in [2.45, 2.75) is 13.3 Å². The highest BCUT2D eigenvalue weighted by Crippen LogP contribution is 2.07. The fourth-order valence-corrected chi connectivity index (χ4v) is 1.49. The van der Waals surface area contributed by atoms with Crippen LogP contribution in [0, 0.1) is 0 Å². The monoisotopic (exact) mass is 296 g/mol. The summed E-state index contributed by atoms with van der Waals surface area (Å²) >= 11 is 0. The topological polar surface area (TPSA) is 82.1 Å². The van der Waals surface area contributed by atoms with Gasteiger partial charge in [-0.05, 0) is 30.7 Å². The van der Waals surface area contributed by atoms with E-state index in [9.17, 15) is 9.59 Å². The molecular formula is C15H20O6. The first-order valence-electron chi connectivity index (χ1n) is 6.82. The van der Waals surface area contributed by atoms with Crippen molar-refractivity contribution in [1.29, 1.82) is 0 Å². The largest absolute Gasteiger partial charge is 0.460 e. The zero-order chi connectivity index (χ0) is 15.5. The number of hydrogen-bond acceptors (Lipinski definition) is 6. The molecule has 0 saturated heterocycles. The van der Waals surface area contributed by atoms with Crippen LogP contribution in [0.5, 0.6) is 0 Å². The Morgan fingerprint density at radius 3 is 1.90 bits per heavy atom. The van der Waals surface area contributed by atoms with Crippen molar-refractivity contribution in [2.24, 2.45) is 0 Å². The number of benzene rings is 1. The van der Waals surface area contributed by atoms with Crippen LogP contribution in [0.25, 0.3) is 0 Å². The van der Waals surface area contributed by atoms with Crippen LogP contribution in [0.3, 0.4) is 0 Å². The molecule has 0 aliphatic heterocycles. The Labute approximate surface area is 123 Å². The highest BCUT2D eigenvalue weighted by Gasteiger charge is 2.10. The summed E-state index contributed by atoms with van der Waals surface area (Å²) in [5.41, 5.74) is 0.662. The molecule has 0 amide bonds. The minimum absolute atomic E-state index is 0.0552. The first-order chi connectivity index (χ1) is 10.2. The summed E-state index contributed by atoms with van der Waals surface area (Å²) in [6.07, 6.45) is 0.918. The van der Waals surface area contributed by atoms with Gasteiger partial charge in [-0.2, -0.15) is 0 Å². The molecule has 1 aromatic rings. The molecule has 0 heterocycles. The second-order valence-electron chi connectivity index (χ2n) is 4.19. The minimum Gasteiger partial charge on any atom is -0.460 e. The Balaban J connectivity index is 2.42. The molecule has 21 heavy (non-hydrogen) atoms. The second-order valence-corrected chi connectivity index (χ2v) is 4.19. The average molecular weight is 296 g/mol. The van der Waals surface area contributed by atoms with Crippen molar-refractivity contribution >= 4 is 11.9 Å². The first kappa shape index (κ1) is 17.1. The van der Waals surface area contributed by atoms with Crippen molar-refractivity contribution in [3.05, 3.63) is 35.4 Å². The number of esters is 2. The zero-order valence-corrected chi connectivity index (χ0v) is 12.0. The number of aliphatic hydroxyl groups excluding tert-OH is 1. The van der Waals surface area contributed by atoms with Crippen LogP contribution in [0.4, 0.5) is 0 Å². The van der Waals surface area contributed by atoms with Gasteiger partial charge in [0.05, 0.1) is 24.3 Å². The molecule has 0 saturated carbocycles. The molecule has 0 aromatic heterocycles. The molecule has 0 atom stereocenters. The van der Waals surface area contributed by atoms with Crippen LogP contribution < -0.4 is 0 Å². The number of hydrogen-bond donors (Lipinski definition) is 1. The Hall–Kier alpha value is -1.92. The molecule has 0 radical (unpaired) electrons. The first-order valence-corrected chi connectivity index (χ1v) is 6.82. The average Bonchev–Trinajstić information content (AvgIpc) is 2.52. The Morgan fingerprint density at radius 2 is 1.43 bits per heavy atom. The lowest BCUT2D eigenvalue weighted by Gasteiger charge is -2.06. The van der Waals surface area contributed by atoms with Crippen molar-refractivity contribution in [2.75, 3.05) is 33.0 Å². The van der Waals surface area contributed by atoms with Crippen molar-refractivity contribution < 1.29 is 28.9 Å². The molecule has 6 heteroatoms. The van der Waals surface area contributed by atoms with E-state index in [4.69, 9.17) is 19.3 Å². The standard InChI is InChI=1S/C15H20O6/c1-2-8-19-10-11-21-15(18)13-5-3-12(4-6-13)14(17)20-9-7-16/h3-6,16H,2,7-11H2,1H3. The third-order valence-electron chi connectivity index (χ3n) is 2.49. The number of rotatable bonds is 9. The smallest absolute Gasteiger partial charge is 0.338 e. The summed E-state index contributed by atoms with van der Waals surface area (Å²) in [4.78, 5) is 23.2. The molecule has 116 valence electrons. The molecule has 1 N–H and O–H groups in total. The van der Waals surface area contributed by atoms with Crippen LogP contribution in [-0.4, -0.2) is 50.1 Å². The third-order valence-corrected chi connectivity index (χ3v) is 2.49. The van der Waals surface area contributed by atoms with Gasteiger partial charge >= 0.3 is 11.9 Å². The van der Waals surface area contributed by atoms with E-state index >= 15 is 0 Å². The van der Waals surface area contributed by atoms with E-state index in [1.165, 1.54) is 24.3 Å². The lowest BCUT2D eigenvalue weighted by molar-refractivity contribution is 0.0317. The van der Waals surface area contributed by atoms with Gasteiger partial charge in [0.2, 0.25) is 0 Å². The van der Waals surface area contributed by atoms with E-state index in [1.807, 2.05) is 6.92 Å². The van der Waals surface area contributed by atoms with Gasteiger partial charge in [-0.3, -0.25) is 0 Å². The molecule has 0 bridgehead atoms. The Bertz CT molecular complexity index is 440. The fourth-order valence-electron chi connectivity index (χ4n) is 1.49. The lowest BCUT2D eigenvalue weighted by atomic mass is 10.1. The SMILES string of the molecule is CCCOCCOC(=O)c1ccc(C(=O)OCCO)cc1. The molecule has 0 aliphatic carbocycles. The maximum absolute atomic E-state index is 11.7. The van der Waals surface area contributed by atoms with Crippen LogP contribution in [0.2, 0.25) is 0 Å². The van der Waals surface area contributed by atoms with E-state index in [-0.39, 0.29) is 19.8 Å². The molecule has 1 rings (SSSR count). The quantitative estimate of drug-likeness (QED) is 0.548. The van der Waals surface area contributed by atoms with E-state index in [0.29, 0.717) is 24.3 Å². The molecule has 0 fully saturated rings. The number of aliphatic hydroxyl groups is 1. The van der Waals surface area contributed by atoms with Crippen molar-refractivity contribution in [3.63, 3.8) is 0 Å². The zero-order valence-electron chi connectivity index (χ0n) is 12.0. The van der Waals surface area contributed by atoms with E-state index < -0.39 is 11.9 Å². The number of carbonyl (C=O) groups is 2. The molecule has 0 aliphatic rings. The predicted octanol–water partition coefficient (Wildman–Crippen LogP) is 1.42. The van der Waals surface area contributed by atoms with Gasteiger partial charge in [0.25, 0.3) is 0 Å². The number of ether oxygens (including phenoxy) is 3. The van der Waals surface area contributed by atoms with Gasteiger partial charge in [0.15, 0.2) is 0 Å². The van der Waals surface area contributed by atoms with Gasteiger partial charge in [-0.15, -0.1) is 0 Å². The molecule has 1 aromatic carbocycles. The normalized spacial score (nSPS) is 10.2. The molecular weight excluding hydrogens is 276 g/mol.